The summed E-state index contributed by atoms with van der Waals surface area (Å²) in [5.74, 6) is 0.162. The summed E-state index contributed by atoms with van der Waals surface area (Å²) in [5.41, 5.74) is 0.885. The van der Waals surface area contributed by atoms with E-state index in [0.29, 0.717) is 18.9 Å². The number of carbonyl (C=O) groups excluding carboxylic acids is 3. The summed E-state index contributed by atoms with van der Waals surface area (Å²) in [6, 6.07) is 18.1. The molecule has 0 aliphatic carbocycles. The number of hydrogen-bond donors (Lipinski definition) is 1. The number of nitrogens with one attached hydrogen (secondary N) is 1. The van der Waals surface area contributed by atoms with Gasteiger partial charge in [0, 0.05) is 11.2 Å². The number of hydrogen-bond acceptors (Lipinski definition) is 6. The molecule has 0 spiro atoms. The van der Waals surface area contributed by atoms with Crippen molar-refractivity contribution in [1.82, 2.24) is 10.2 Å². The second kappa shape index (κ2) is 11.7. The fourth-order valence-electron chi connectivity index (χ4n) is 3.50. The van der Waals surface area contributed by atoms with Gasteiger partial charge >= 0.3 is 5.97 Å². The Morgan fingerprint density at radius 1 is 1.06 bits per heavy atom. The number of amides is 2. The average Bonchev–Trinajstić information content (AvgIpc) is 3.15. The van der Waals surface area contributed by atoms with Crippen molar-refractivity contribution in [3.63, 3.8) is 0 Å². The minimum atomic E-state index is -0.713. The number of esters is 1. The van der Waals surface area contributed by atoms with E-state index in [1.807, 2.05) is 74.5 Å². The van der Waals surface area contributed by atoms with Crippen LogP contribution in [0.5, 0.6) is 5.75 Å². The second-order valence-corrected chi connectivity index (χ2v) is 9.88. The van der Waals surface area contributed by atoms with E-state index in [-0.39, 0.29) is 31.4 Å². The lowest BCUT2D eigenvalue weighted by atomic mass is 10.0. The summed E-state index contributed by atoms with van der Waals surface area (Å²) in [6.07, 6.45) is 0.791. The molecule has 1 atom stereocenters. The van der Waals surface area contributed by atoms with Crippen LogP contribution in [-0.2, 0) is 25.7 Å². The summed E-state index contributed by atoms with van der Waals surface area (Å²) in [7, 11) is 0. The van der Waals surface area contributed by atoms with Gasteiger partial charge in [0.25, 0.3) is 0 Å². The van der Waals surface area contributed by atoms with Crippen LogP contribution >= 0.6 is 11.8 Å². The van der Waals surface area contributed by atoms with Crippen LogP contribution in [0, 0.1) is 0 Å². The molecule has 1 fully saturated rings. The minimum Gasteiger partial charge on any atom is -0.494 e. The van der Waals surface area contributed by atoms with Crippen LogP contribution in [0.25, 0.3) is 0 Å². The molecule has 1 N–H and O–H groups in total. The maximum Gasteiger partial charge on any atom is 0.330 e. The Balaban J connectivity index is 1.44. The molecule has 3 rings (SSSR count). The van der Waals surface area contributed by atoms with Gasteiger partial charge in [-0.25, -0.2) is 4.79 Å². The SMILES string of the molecule is CC1(C)SCN(C(=O)CNC(=O)CCCOc2ccccc2)[C@@H]1C(=O)OCc1ccccc1. The van der Waals surface area contributed by atoms with Crippen molar-refractivity contribution in [2.75, 3.05) is 19.0 Å². The van der Waals surface area contributed by atoms with Gasteiger partial charge in [-0.3, -0.25) is 9.59 Å². The standard InChI is InChI=1S/C25H30N2O5S/c1-25(2)23(24(30)32-17-19-10-5-3-6-11-19)27(18-33-25)22(29)16-26-21(28)14-9-15-31-20-12-7-4-8-13-20/h3-8,10-13,23H,9,14-18H2,1-2H3,(H,26,28)/t23-/m1/s1. The lowest BCUT2D eigenvalue weighted by Gasteiger charge is -2.29. The number of nitrogens with zero attached hydrogens (tertiary/aromatic N) is 1. The van der Waals surface area contributed by atoms with Crippen LogP contribution in [0.15, 0.2) is 60.7 Å². The summed E-state index contributed by atoms with van der Waals surface area (Å²) in [5, 5.41) is 2.66. The van der Waals surface area contributed by atoms with E-state index in [1.54, 1.807) is 0 Å². The lowest BCUT2D eigenvalue weighted by molar-refractivity contribution is -0.155. The van der Waals surface area contributed by atoms with Crippen LogP contribution in [-0.4, -0.2) is 52.5 Å². The lowest BCUT2D eigenvalue weighted by Crippen LogP contribution is -2.51. The van der Waals surface area contributed by atoms with Gasteiger partial charge in [-0.2, -0.15) is 0 Å². The number of ether oxygens (including phenoxy) is 2. The highest BCUT2D eigenvalue weighted by Gasteiger charge is 2.48. The Hall–Kier alpha value is -3.00. The van der Waals surface area contributed by atoms with Gasteiger partial charge in [0.2, 0.25) is 11.8 Å². The third kappa shape index (κ3) is 7.25. The monoisotopic (exact) mass is 470 g/mol. The summed E-state index contributed by atoms with van der Waals surface area (Å²) in [4.78, 5) is 39.3. The highest BCUT2D eigenvalue weighted by molar-refractivity contribution is 8.00. The number of benzene rings is 2. The van der Waals surface area contributed by atoms with Crippen LogP contribution in [0.4, 0.5) is 0 Å². The van der Waals surface area contributed by atoms with Crippen LogP contribution in [0.3, 0.4) is 0 Å². The van der Waals surface area contributed by atoms with Gasteiger partial charge in [0.15, 0.2) is 0 Å². The van der Waals surface area contributed by atoms with Crippen molar-refractivity contribution in [2.24, 2.45) is 0 Å². The van der Waals surface area contributed by atoms with Gasteiger partial charge in [-0.1, -0.05) is 48.5 Å². The zero-order valence-corrected chi connectivity index (χ0v) is 19.8. The molecule has 2 aromatic carbocycles. The predicted octanol–water partition coefficient (Wildman–Crippen LogP) is 3.39. The van der Waals surface area contributed by atoms with Gasteiger partial charge in [0.05, 0.1) is 19.0 Å². The first-order valence-electron chi connectivity index (χ1n) is 11.0. The van der Waals surface area contributed by atoms with Crippen molar-refractivity contribution in [3.8, 4) is 5.75 Å². The van der Waals surface area contributed by atoms with Crippen molar-refractivity contribution in [2.45, 2.75) is 44.1 Å². The molecular weight excluding hydrogens is 440 g/mol. The largest absolute Gasteiger partial charge is 0.494 e. The average molecular weight is 471 g/mol. The number of para-hydroxylation sites is 1. The first-order valence-corrected chi connectivity index (χ1v) is 11.9. The molecule has 0 saturated carbocycles. The van der Waals surface area contributed by atoms with Crippen molar-refractivity contribution in [3.05, 3.63) is 66.2 Å². The highest BCUT2D eigenvalue weighted by Crippen LogP contribution is 2.39. The summed E-state index contributed by atoms with van der Waals surface area (Å²) in [6.45, 7) is 4.26. The Morgan fingerprint density at radius 3 is 2.42 bits per heavy atom. The molecular formula is C25H30N2O5S. The third-order valence-corrected chi connectivity index (χ3v) is 6.68. The summed E-state index contributed by atoms with van der Waals surface area (Å²) < 4.78 is 10.6. The zero-order valence-electron chi connectivity index (χ0n) is 19.0. The molecule has 7 nitrogen and oxygen atoms in total. The topological polar surface area (TPSA) is 84.9 Å². The fraction of sp³-hybridized carbons (Fsp3) is 0.400. The van der Waals surface area contributed by atoms with E-state index < -0.39 is 16.8 Å². The number of thioether (sulfide) groups is 1. The van der Waals surface area contributed by atoms with Crippen molar-refractivity contribution < 1.29 is 23.9 Å². The molecule has 2 amide bonds. The molecule has 33 heavy (non-hydrogen) atoms. The summed E-state index contributed by atoms with van der Waals surface area (Å²) >= 11 is 1.52. The van der Waals surface area contributed by atoms with Gasteiger partial charge < -0.3 is 19.7 Å². The Labute approximate surface area is 198 Å². The van der Waals surface area contributed by atoms with Crippen molar-refractivity contribution in [1.29, 1.82) is 0 Å². The molecule has 8 heteroatoms. The second-order valence-electron chi connectivity index (χ2n) is 8.28. The number of rotatable bonds is 10. The molecule has 0 bridgehead atoms. The van der Waals surface area contributed by atoms with E-state index in [1.165, 1.54) is 16.7 Å². The van der Waals surface area contributed by atoms with Gasteiger partial charge in [-0.05, 0) is 38.0 Å². The van der Waals surface area contributed by atoms with Gasteiger partial charge in [-0.15, -0.1) is 11.8 Å². The van der Waals surface area contributed by atoms with E-state index in [4.69, 9.17) is 9.47 Å². The molecule has 176 valence electrons. The minimum absolute atomic E-state index is 0.154. The first kappa shape index (κ1) is 24.6. The van der Waals surface area contributed by atoms with E-state index in [0.717, 1.165) is 11.3 Å². The van der Waals surface area contributed by atoms with Crippen molar-refractivity contribution >= 4 is 29.5 Å². The molecule has 1 aliphatic heterocycles. The first-order chi connectivity index (χ1) is 15.9. The molecule has 1 saturated heterocycles. The van der Waals surface area contributed by atoms with Crippen LogP contribution in [0.1, 0.15) is 32.3 Å². The third-order valence-electron chi connectivity index (χ3n) is 5.31. The predicted molar refractivity (Wildman–Crippen MR) is 128 cm³/mol. The highest BCUT2D eigenvalue weighted by atomic mass is 32.2. The zero-order chi connectivity index (χ0) is 23.7. The van der Waals surface area contributed by atoms with E-state index in [2.05, 4.69) is 5.32 Å². The Bertz CT molecular complexity index is 936. The molecule has 2 aromatic rings. The maximum atomic E-state index is 12.8. The van der Waals surface area contributed by atoms with Gasteiger partial charge in [0.1, 0.15) is 18.4 Å². The molecule has 0 radical (unpaired) electrons. The molecule has 0 aromatic heterocycles. The normalized spacial score (nSPS) is 16.8. The Kier molecular flexibility index (Phi) is 8.77. The smallest absolute Gasteiger partial charge is 0.330 e. The Morgan fingerprint density at radius 2 is 1.73 bits per heavy atom. The van der Waals surface area contributed by atoms with Crippen LogP contribution in [0.2, 0.25) is 0 Å². The molecule has 1 heterocycles. The molecule has 1 aliphatic rings. The quantitative estimate of drug-likeness (QED) is 0.423. The van der Waals surface area contributed by atoms with Crippen LogP contribution < -0.4 is 10.1 Å². The maximum absolute atomic E-state index is 12.8. The van der Waals surface area contributed by atoms with E-state index >= 15 is 0 Å². The molecule has 0 unspecified atom stereocenters. The van der Waals surface area contributed by atoms with E-state index in [9.17, 15) is 14.4 Å². The fourth-order valence-corrected chi connectivity index (χ4v) is 4.65. The number of carbonyl (C=O) groups is 3.